The molecular weight excluding hydrogens is 550 g/mol. The molecule has 41 heavy (non-hydrogen) atoms. The van der Waals surface area contributed by atoms with Crippen molar-refractivity contribution in [3.63, 3.8) is 0 Å². The Hall–Kier alpha value is -3.89. The summed E-state index contributed by atoms with van der Waals surface area (Å²) in [6, 6.07) is 4.87. The van der Waals surface area contributed by atoms with Crippen LogP contribution in [0.15, 0.2) is 40.8 Å². The van der Waals surface area contributed by atoms with Crippen LogP contribution in [0.2, 0.25) is 0 Å². The lowest BCUT2D eigenvalue weighted by molar-refractivity contribution is -0.143. The summed E-state index contributed by atoms with van der Waals surface area (Å²) in [5.41, 5.74) is -2.53. The first kappa shape index (κ1) is 33.3. The van der Waals surface area contributed by atoms with Crippen LogP contribution in [0.3, 0.4) is 0 Å². The van der Waals surface area contributed by atoms with Crippen molar-refractivity contribution in [3.05, 3.63) is 58.3 Å². The van der Waals surface area contributed by atoms with Crippen LogP contribution in [0.5, 0.6) is 0 Å². The largest absolute Gasteiger partial charge is 0.416 e. The van der Waals surface area contributed by atoms with Gasteiger partial charge in [0.1, 0.15) is 24.3 Å². The maximum atomic E-state index is 13.5. The quantitative estimate of drug-likeness (QED) is 0.0660. The molecule has 0 radical (unpaired) electrons. The van der Waals surface area contributed by atoms with Crippen LogP contribution in [0.25, 0.3) is 0 Å². The highest BCUT2D eigenvalue weighted by atomic mass is 19.4. The van der Waals surface area contributed by atoms with Gasteiger partial charge >= 0.3 is 12.4 Å². The SMILES string of the molecule is CCCC(CC)CN(CC)c1ncc(C#N)cc1CN(Cc1cc(C(F)(F)F)cc(C(F)(F)F)c1)C(=N)CN=NN. The summed E-state index contributed by atoms with van der Waals surface area (Å²) in [7, 11) is 0. The maximum absolute atomic E-state index is 13.5. The van der Waals surface area contributed by atoms with Crippen molar-refractivity contribution in [2.75, 3.05) is 24.5 Å². The molecule has 0 bridgehead atoms. The van der Waals surface area contributed by atoms with E-state index in [1.165, 1.54) is 11.1 Å². The zero-order valence-electron chi connectivity index (χ0n) is 23.1. The molecule has 14 heteroatoms. The van der Waals surface area contributed by atoms with E-state index in [1.807, 2.05) is 17.9 Å². The number of aromatic nitrogens is 1. The Morgan fingerprint density at radius 1 is 1.05 bits per heavy atom. The molecule has 0 fully saturated rings. The first-order chi connectivity index (χ1) is 19.3. The third-order valence-corrected chi connectivity index (χ3v) is 6.57. The number of nitrogens with zero attached hydrogens (tertiary/aromatic N) is 6. The summed E-state index contributed by atoms with van der Waals surface area (Å²) < 4.78 is 80.9. The molecule has 224 valence electrons. The number of rotatable bonds is 13. The van der Waals surface area contributed by atoms with Gasteiger partial charge in [-0.05, 0) is 49.1 Å². The number of amidine groups is 1. The molecule has 1 heterocycles. The van der Waals surface area contributed by atoms with Crippen LogP contribution in [0, 0.1) is 22.7 Å². The van der Waals surface area contributed by atoms with Crippen LogP contribution in [-0.2, 0) is 25.4 Å². The number of alkyl halides is 6. The molecule has 0 aliphatic carbocycles. The Morgan fingerprint density at radius 3 is 2.17 bits per heavy atom. The molecule has 0 aliphatic heterocycles. The zero-order valence-corrected chi connectivity index (χ0v) is 23.1. The predicted octanol–water partition coefficient (Wildman–Crippen LogP) is 6.95. The van der Waals surface area contributed by atoms with E-state index in [0.29, 0.717) is 42.5 Å². The highest BCUT2D eigenvalue weighted by Crippen LogP contribution is 2.37. The van der Waals surface area contributed by atoms with E-state index < -0.39 is 30.0 Å². The summed E-state index contributed by atoms with van der Waals surface area (Å²) in [6.45, 7) is 6.34. The van der Waals surface area contributed by atoms with Gasteiger partial charge in [-0.1, -0.05) is 31.9 Å². The van der Waals surface area contributed by atoms with E-state index in [-0.39, 0.29) is 36.1 Å². The van der Waals surface area contributed by atoms with Crippen molar-refractivity contribution in [3.8, 4) is 6.07 Å². The first-order valence-corrected chi connectivity index (χ1v) is 13.1. The van der Waals surface area contributed by atoms with Gasteiger partial charge in [-0.15, -0.1) is 0 Å². The lowest BCUT2D eigenvalue weighted by atomic mass is 9.99. The van der Waals surface area contributed by atoms with Crippen LogP contribution in [-0.4, -0.2) is 35.4 Å². The molecule has 8 nitrogen and oxygen atoms in total. The van der Waals surface area contributed by atoms with Gasteiger partial charge in [0.2, 0.25) is 0 Å². The van der Waals surface area contributed by atoms with Crippen LogP contribution in [0.1, 0.15) is 67.9 Å². The van der Waals surface area contributed by atoms with Crippen molar-refractivity contribution in [2.24, 2.45) is 22.1 Å². The number of benzene rings is 1. The summed E-state index contributed by atoms with van der Waals surface area (Å²) >= 11 is 0. The van der Waals surface area contributed by atoms with Gasteiger partial charge in [0.05, 0.1) is 16.7 Å². The normalized spacial score (nSPS) is 12.8. The first-order valence-electron chi connectivity index (χ1n) is 13.1. The number of pyridine rings is 1. The van der Waals surface area contributed by atoms with Crippen LogP contribution < -0.4 is 10.7 Å². The van der Waals surface area contributed by atoms with E-state index in [0.717, 1.165) is 19.3 Å². The second kappa shape index (κ2) is 14.7. The minimum absolute atomic E-state index is 0.0553. The number of hydrogen-bond donors (Lipinski definition) is 2. The molecule has 2 aromatic rings. The lowest BCUT2D eigenvalue weighted by Crippen LogP contribution is -2.34. The van der Waals surface area contributed by atoms with Gasteiger partial charge < -0.3 is 15.6 Å². The average molecular weight is 585 g/mol. The molecule has 0 saturated carbocycles. The van der Waals surface area contributed by atoms with E-state index >= 15 is 0 Å². The molecule has 1 atom stereocenters. The molecule has 0 amide bonds. The van der Waals surface area contributed by atoms with Crippen molar-refractivity contribution < 1.29 is 26.3 Å². The number of nitriles is 1. The number of anilines is 1. The number of nitrogens with one attached hydrogen (secondary N) is 1. The fourth-order valence-corrected chi connectivity index (χ4v) is 4.47. The maximum Gasteiger partial charge on any atom is 0.416 e. The van der Waals surface area contributed by atoms with Gasteiger partial charge in [-0.3, -0.25) is 5.41 Å². The fourth-order valence-electron chi connectivity index (χ4n) is 4.47. The van der Waals surface area contributed by atoms with Crippen molar-refractivity contribution in [1.29, 1.82) is 10.7 Å². The van der Waals surface area contributed by atoms with Gasteiger partial charge in [0, 0.05) is 37.9 Å². The lowest BCUT2D eigenvalue weighted by Gasteiger charge is -2.31. The van der Waals surface area contributed by atoms with Crippen molar-refractivity contribution in [1.82, 2.24) is 9.88 Å². The highest BCUT2D eigenvalue weighted by molar-refractivity contribution is 5.81. The highest BCUT2D eigenvalue weighted by Gasteiger charge is 2.37. The minimum Gasteiger partial charge on any atom is -0.356 e. The summed E-state index contributed by atoms with van der Waals surface area (Å²) in [5.74, 6) is 5.68. The third kappa shape index (κ3) is 9.61. The third-order valence-electron chi connectivity index (χ3n) is 6.57. The van der Waals surface area contributed by atoms with E-state index in [1.54, 1.807) is 6.07 Å². The fraction of sp³-hybridized carbons (Fsp3) is 0.519. The molecule has 0 spiro atoms. The molecular formula is C27H34F6N8. The topological polar surface area (TPSA) is 118 Å². The van der Waals surface area contributed by atoms with Crippen molar-refractivity contribution in [2.45, 2.75) is 65.5 Å². The Bertz CT molecular complexity index is 1200. The molecule has 3 N–H and O–H groups in total. The van der Waals surface area contributed by atoms with Gasteiger partial charge in [-0.25, -0.2) is 4.98 Å². The van der Waals surface area contributed by atoms with Crippen LogP contribution >= 0.6 is 0 Å². The Balaban J connectivity index is 2.60. The van der Waals surface area contributed by atoms with Gasteiger partial charge in [0.25, 0.3) is 0 Å². The summed E-state index contributed by atoms with van der Waals surface area (Å²) in [6.07, 6.45) is -5.73. The summed E-state index contributed by atoms with van der Waals surface area (Å²) in [4.78, 5) is 7.78. The number of halogens is 6. The van der Waals surface area contributed by atoms with Gasteiger partial charge in [0.15, 0.2) is 0 Å². The minimum atomic E-state index is -5.02. The molecule has 0 aliphatic rings. The summed E-state index contributed by atoms with van der Waals surface area (Å²) in [5, 5.41) is 24.7. The van der Waals surface area contributed by atoms with Crippen molar-refractivity contribution >= 4 is 11.7 Å². The number of hydrogen-bond acceptors (Lipinski definition) is 6. The standard InChI is InChI=1S/C27H34F6N8/c1-4-7-18(5-2)15-40(6-3)25-21(8-20(12-34)13-37-25)17-41(24(35)14-38-39-36)16-19-9-22(26(28,29)30)11-23(10-19)27(31,32)33/h8-11,13,18,35H,4-7,14-17H2,1-3H3,(H2,36,38). The average Bonchev–Trinajstić information content (AvgIpc) is 2.92. The molecule has 1 unspecified atom stereocenters. The second-order valence-corrected chi connectivity index (χ2v) is 9.55. The van der Waals surface area contributed by atoms with Crippen LogP contribution in [0.4, 0.5) is 32.2 Å². The molecule has 2 rings (SSSR count). The van der Waals surface area contributed by atoms with E-state index in [9.17, 15) is 31.6 Å². The van der Waals surface area contributed by atoms with E-state index in [2.05, 4.69) is 29.2 Å². The second-order valence-electron chi connectivity index (χ2n) is 9.55. The zero-order chi connectivity index (χ0) is 30.8. The molecule has 1 aromatic carbocycles. The number of nitrogens with two attached hydrogens (primary N) is 1. The Morgan fingerprint density at radius 2 is 1.68 bits per heavy atom. The molecule has 0 saturated heterocycles. The van der Waals surface area contributed by atoms with Gasteiger partial charge in [-0.2, -0.15) is 36.7 Å². The molecule has 1 aromatic heterocycles. The predicted molar refractivity (Wildman–Crippen MR) is 143 cm³/mol. The monoisotopic (exact) mass is 584 g/mol. The Labute approximate surface area is 235 Å². The Kier molecular flexibility index (Phi) is 11.9. The van der Waals surface area contributed by atoms with E-state index in [4.69, 9.17) is 11.3 Å². The smallest absolute Gasteiger partial charge is 0.356 e.